The quantitative estimate of drug-likeness (QED) is 0.790. The molecule has 2 aromatic rings. The van der Waals surface area contributed by atoms with Crippen LogP contribution in [-0.4, -0.2) is 43.5 Å². The predicted octanol–water partition coefficient (Wildman–Crippen LogP) is 2.16. The van der Waals surface area contributed by atoms with Crippen molar-refractivity contribution in [2.45, 2.75) is 13.8 Å². The number of hydrogen-bond donors (Lipinski definition) is 1. The summed E-state index contributed by atoms with van der Waals surface area (Å²) in [6.45, 7) is 4.71. The zero-order valence-corrected chi connectivity index (χ0v) is 14.2. The third-order valence-electron chi connectivity index (χ3n) is 3.35. The second-order valence-electron chi connectivity index (χ2n) is 5.66. The van der Waals surface area contributed by atoms with Crippen LogP contribution >= 0.6 is 0 Å². The Hall–Kier alpha value is -2.76. The van der Waals surface area contributed by atoms with E-state index in [9.17, 15) is 9.59 Å². The summed E-state index contributed by atoms with van der Waals surface area (Å²) in [7, 11) is 1.55. The van der Waals surface area contributed by atoms with Gasteiger partial charge in [0.05, 0.1) is 19.4 Å². The molecule has 0 saturated carbocycles. The fourth-order valence-corrected chi connectivity index (χ4v) is 2.31. The summed E-state index contributed by atoms with van der Waals surface area (Å²) in [5.41, 5.74) is 2.26. The summed E-state index contributed by atoms with van der Waals surface area (Å²) in [5, 5.41) is 2.72. The average Bonchev–Trinajstić information content (AvgIpc) is 3.04. The van der Waals surface area contributed by atoms with Crippen molar-refractivity contribution in [2.24, 2.45) is 0 Å². The summed E-state index contributed by atoms with van der Waals surface area (Å²) in [4.78, 5) is 25.1. The monoisotopic (exact) mass is 330 g/mol. The molecule has 0 spiro atoms. The Morgan fingerprint density at radius 2 is 1.92 bits per heavy atom. The molecule has 24 heavy (non-hydrogen) atoms. The molecular weight excluding hydrogens is 308 g/mol. The first-order chi connectivity index (χ1) is 11.5. The highest BCUT2D eigenvalue weighted by Gasteiger charge is 2.16. The number of carbonyl (C=O) groups excluding carboxylic acids is 2. The first-order valence-corrected chi connectivity index (χ1v) is 7.72. The summed E-state index contributed by atoms with van der Waals surface area (Å²) in [5.74, 6) is 0.415. The lowest BCUT2D eigenvalue weighted by atomic mass is 10.1. The van der Waals surface area contributed by atoms with E-state index < -0.39 is 0 Å². The van der Waals surface area contributed by atoms with Crippen molar-refractivity contribution in [3.63, 3.8) is 0 Å². The Morgan fingerprint density at radius 3 is 2.54 bits per heavy atom. The van der Waals surface area contributed by atoms with Gasteiger partial charge >= 0.3 is 0 Å². The van der Waals surface area contributed by atoms with E-state index in [1.165, 1.54) is 11.2 Å². The molecule has 128 valence electrons. The van der Waals surface area contributed by atoms with Gasteiger partial charge in [-0.15, -0.1) is 0 Å². The fourth-order valence-electron chi connectivity index (χ4n) is 2.31. The van der Waals surface area contributed by atoms with Crippen molar-refractivity contribution < 1.29 is 18.7 Å². The average molecular weight is 330 g/mol. The standard InChI is InChI=1S/C18H22N2O4/c1-13-9-14(2)11-15(10-13)23-8-6-19-17(21)12-20(3)18(22)16-5-4-7-24-16/h4-5,7,9-11H,6,8,12H2,1-3H3,(H,19,21). The van der Waals surface area contributed by atoms with Crippen LogP contribution in [0.3, 0.4) is 0 Å². The van der Waals surface area contributed by atoms with Gasteiger partial charge in [0.1, 0.15) is 12.4 Å². The molecule has 0 radical (unpaired) electrons. The maximum Gasteiger partial charge on any atom is 0.289 e. The molecule has 1 aromatic carbocycles. The molecule has 0 saturated heterocycles. The number of benzene rings is 1. The van der Waals surface area contributed by atoms with Gasteiger partial charge in [-0.1, -0.05) is 6.07 Å². The van der Waals surface area contributed by atoms with E-state index in [0.29, 0.717) is 13.2 Å². The van der Waals surface area contributed by atoms with Crippen molar-refractivity contribution in [1.82, 2.24) is 10.2 Å². The number of aryl methyl sites for hydroxylation is 2. The van der Waals surface area contributed by atoms with Gasteiger partial charge in [0.2, 0.25) is 5.91 Å². The van der Waals surface area contributed by atoms with Crippen LogP contribution in [0.25, 0.3) is 0 Å². The Bertz CT molecular complexity index is 675. The van der Waals surface area contributed by atoms with Crippen molar-refractivity contribution >= 4 is 11.8 Å². The van der Waals surface area contributed by atoms with Gasteiger partial charge < -0.3 is 19.4 Å². The molecule has 0 atom stereocenters. The van der Waals surface area contributed by atoms with E-state index in [1.54, 1.807) is 19.2 Å². The topological polar surface area (TPSA) is 71.8 Å². The normalized spacial score (nSPS) is 10.3. The third kappa shape index (κ3) is 5.15. The number of rotatable bonds is 7. The summed E-state index contributed by atoms with van der Waals surface area (Å²) >= 11 is 0. The number of nitrogens with zero attached hydrogens (tertiary/aromatic N) is 1. The highest BCUT2D eigenvalue weighted by molar-refractivity contribution is 5.94. The fraction of sp³-hybridized carbons (Fsp3) is 0.333. The molecule has 6 heteroatoms. The maximum atomic E-state index is 11.9. The Morgan fingerprint density at radius 1 is 1.21 bits per heavy atom. The first kappa shape index (κ1) is 17.6. The molecule has 0 bridgehead atoms. The lowest BCUT2D eigenvalue weighted by Crippen LogP contribution is -2.39. The van der Waals surface area contributed by atoms with Crippen LogP contribution in [0.4, 0.5) is 0 Å². The number of carbonyl (C=O) groups is 2. The van der Waals surface area contributed by atoms with E-state index in [1.807, 2.05) is 26.0 Å². The second-order valence-corrected chi connectivity index (χ2v) is 5.66. The van der Waals surface area contributed by atoms with Gasteiger partial charge in [0.15, 0.2) is 5.76 Å². The molecule has 0 aliphatic heterocycles. The van der Waals surface area contributed by atoms with Crippen LogP contribution in [0, 0.1) is 13.8 Å². The largest absolute Gasteiger partial charge is 0.492 e. The Kier molecular flexibility index (Phi) is 6.01. The van der Waals surface area contributed by atoms with Gasteiger partial charge in [0.25, 0.3) is 5.91 Å². The lowest BCUT2D eigenvalue weighted by molar-refractivity contribution is -0.121. The molecular formula is C18H22N2O4. The molecule has 1 aromatic heterocycles. The van der Waals surface area contributed by atoms with Gasteiger partial charge in [0, 0.05) is 7.05 Å². The molecule has 2 rings (SSSR count). The minimum absolute atomic E-state index is 0.0386. The lowest BCUT2D eigenvalue weighted by Gasteiger charge is -2.15. The summed E-state index contributed by atoms with van der Waals surface area (Å²) in [6.07, 6.45) is 1.42. The molecule has 1 N–H and O–H groups in total. The zero-order valence-electron chi connectivity index (χ0n) is 14.2. The molecule has 2 amide bonds. The predicted molar refractivity (Wildman–Crippen MR) is 90.1 cm³/mol. The van der Waals surface area contributed by atoms with Crippen LogP contribution in [0.5, 0.6) is 5.75 Å². The number of hydrogen-bond acceptors (Lipinski definition) is 4. The first-order valence-electron chi connectivity index (χ1n) is 7.72. The highest BCUT2D eigenvalue weighted by atomic mass is 16.5. The third-order valence-corrected chi connectivity index (χ3v) is 3.35. The zero-order chi connectivity index (χ0) is 17.5. The molecule has 0 fully saturated rings. The van der Waals surface area contributed by atoms with Crippen LogP contribution in [0.1, 0.15) is 21.7 Å². The van der Waals surface area contributed by atoms with E-state index in [0.717, 1.165) is 16.9 Å². The van der Waals surface area contributed by atoms with Gasteiger partial charge in [-0.25, -0.2) is 0 Å². The smallest absolute Gasteiger partial charge is 0.289 e. The number of nitrogens with one attached hydrogen (secondary N) is 1. The molecule has 0 unspecified atom stereocenters. The van der Waals surface area contributed by atoms with Gasteiger partial charge in [-0.3, -0.25) is 9.59 Å². The van der Waals surface area contributed by atoms with E-state index >= 15 is 0 Å². The van der Waals surface area contributed by atoms with E-state index in [4.69, 9.17) is 9.15 Å². The summed E-state index contributed by atoms with van der Waals surface area (Å²) < 4.78 is 10.6. The van der Waals surface area contributed by atoms with Crippen molar-refractivity contribution in [2.75, 3.05) is 26.7 Å². The van der Waals surface area contributed by atoms with Crippen LogP contribution in [0.15, 0.2) is 41.0 Å². The highest BCUT2D eigenvalue weighted by Crippen LogP contribution is 2.15. The molecule has 6 nitrogen and oxygen atoms in total. The molecule has 1 heterocycles. The number of ether oxygens (including phenoxy) is 1. The van der Waals surface area contributed by atoms with Crippen LogP contribution < -0.4 is 10.1 Å². The SMILES string of the molecule is Cc1cc(C)cc(OCCNC(=O)CN(C)C(=O)c2ccco2)c1. The van der Waals surface area contributed by atoms with Crippen molar-refractivity contribution in [3.8, 4) is 5.75 Å². The van der Waals surface area contributed by atoms with Gasteiger partial charge in [-0.05, 0) is 49.2 Å². The van der Waals surface area contributed by atoms with E-state index in [-0.39, 0.29) is 24.1 Å². The minimum atomic E-state index is -0.332. The Balaban J connectivity index is 1.70. The molecule has 0 aliphatic carbocycles. The second kappa shape index (κ2) is 8.19. The summed E-state index contributed by atoms with van der Waals surface area (Å²) in [6, 6.07) is 9.16. The Labute approximate surface area is 141 Å². The van der Waals surface area contributed by atoms with Crippen molar-refractivity contribution in [1.29, 1.82) is 0 Å². The minimum Gasteiger partial charge on any atom is -0.492 e. The number of amides is 2. The maximum absolute atomic E-state index is 11.9. The number of furan rings is 1. The van der Waals surface area contributed by atoms with Crippen LogP contribution in [-0.2, 0) is 4.79 Å². The van der Waals surface area contributed by atoms with Gasteiger partial charge in [-0.2, -0.15) is 0 Å². The number of likely N-dealkylation sites (N-methyl/N-ethyl adjacent to an activating group) is 1. The van der Waals surface area contributed by atoms with Crippen molar-refractivity contribution in [3.05, 3.63) is 53.5 Å². The van der Waals surface area contributed by atoms with E-state index in [2.05, 4.69) is 11.4 Å². The van der Waals surface area contributed by atoms with Crippen LogP contribution in [0.2, 0.25) is 0 Å². The molecule has 0 aliphatic rings.